The molecule has 2 heterocycles. The zero-order valence-corrected chi connectivity index (χ0v) is 13.5. The number of amides is 1. The SMILES string of the molecule is O=C(CCSc1ccc(F)cc1)Nc1nnc(-c2cccs2)o1. The van der Waals surface area contributed by atoms with Crippen molar-refractivity contribution in [2.24, 2.45) is 0 Å². The molecule has 23 heavy (non-hydrogen) atoms. The van der Waals surface area contributed by atoms with Crippen LogP contribution in [0.5, 0.6) is 0 Å². The number of carbonyl (C=O) groups excluding carboxylic acids is 1. The molecule has 0 saturated heterocycles. The van der Waals surface area contributed by atoms with E-state index in [0.29, 0.717) is 18.1 Å². The predicted molar refractivity (Wildman–Crippen MR) is 88.0 cm³/mol. The monoisotopic (exact) mass is 349 g/mol. The van der Waals surface area contributed by atoms with Crippen LogP contribution in [0.3, 0.4) is 0 Å². The minimum Gasteiger partial charge on any atom is -0.402 e. The fraction of sp³-hybridized carbons (Fsp3) is 0.133. The van der Waals surface area contributed by atoms with Crippen molar-refractivity contribution in [1.82, 2.24) is 10.2 Å². The zero-order valence-electron chi connectivity index (χ0n) is 11.9. The average molecular weight is 349 g/mol. The van der Waals surface area contributed by atoms with Gasteiger partial charge in [0.1, 0.15) is 5.82 Å². The van der Waals surface area contributed by atoms with Crippen molar-refractivity contribution in [3.8, 4) is 10.8 Å². The summed E-state index contributed by atoms with van der Waals surface area (Å²) in [4.78, 5) is 13.6. The van der Waals surface area contributed by atoms with Crippen LogP contribution in [-0.2, 0) is 4.79 Å². The summed E-state index contributed by atoms with van der Waals surface area (Å²) >= 11 is 2.96. The van der Waals surface area contributed by atoms with Gasteiger partial charge in [0.05, 0.1) is 4.88 Å². The first-order valence-corrected chi connectivity index (χ1v) is 8.63. The van der Waals surface area contributed by atoms with Crippen molar-refractivity contribution in [1.29, 1.82) is 0 Å². The van der Waals surface area contributed by atoms with Crippen molar-refractivity contribution in [2.45, 2.75) is 11.3 Å². The number of nitrogens with one attached hydrogen (secondary N) is 1. The van der Waals surface area contributed by atoms with Crippen molar-refractivity contribution < 1.29 is 13.6 Å². The number of hydrogen-bond donors (Lipinski definition) is 1. The number of hydrogen-bond acceptors (Lipinski definition) is 6. The van der Waals surface area contributed by atoms with Gasteiger partial charge in [-0.2, -0.15) is 0 Å². The van der Waals surface area contributed by atoms with Gasteiger partial charge in [0.2, 0.25) is 5.91 Å². The molecule has 0 spiro atoms. The van der Waals surface area contributed by atoms with E-state index in [-0.39, 0.29) is 17.7 Å². The Balaban J connectivity index is 1.47. The summed E-state index contributed by atoms with van der Waals surface area (Å²) in [6.45, 7) is 0. The van der Waals surface area contributed by atoms with E-state index in [4.69, 9.17) is 4.42 Å². The Morgan fingerprint density at radius 3 is 2.83 bits per heavy atom. The van der Waals surface area contributed by atoms with Crippen LogP contribution < -0.4 is 5.32 Å². The standard InChI is InChI=1S/C15H12FN3O2S2/c16-10-3-5-11(6-4-10)22-9-7-13(20)17-15-19-18-14(21-15)12-2-1-8-23-12/h1-6,8H,7,9H2,(H,17,19,20). The lowest BCUT2D eigenvalue weighted by Gasteiger charge is -2.01. The van der Waals surface area contributed by atoms with E-state index in [2.05, 4.69) is 15.5 Å². The summed E-state index contributed by atoms with van der Waals surface area (Å²) < 4.78 is 18.2. The highest BCUT2D eigenvalue weighted by atomic mass is 32.2. The number of halogens is 1. The lowest BCUT2D eigenvalue weighted by molar-refractivity contribution is -0.115. The van der Waals surface area contributed by atoms with E-state index in [1.165, 1.54) is 35.2 Å². The summed E-state index contributed by atoms with van der Waals surface area (Å²) in [5.41, 5.74) is 0. The summed E-state index contributed by atoms with van der Waals surface area (Å²) in [5, 5.41) is 12.2. The highest BCUT2D eigenvalue weighted by Gasteiger charge is 2.11. The maximum absolute atomic E-state index is 12.8. The maximum atomic E-state index is 12.8. The van der Waals surface area contributed by atoms with Gasteiger partial charge in [-0.3, -0.25) is 10.1 Å². The molecule has 1 amide bonds. The van der Waals surface area contributed by atoms with Crippen molar-refractivity contribution >= 4 is 35.0 Å². The van der Waals surface area contributed by atoms with Gasteiger partial charge >= 0.3 is 6.01 Å². The number of aromatic nitrogens is 2. The maximum Gasteiger partial charge on any atom is 0.322 e. The summed E-state index contributed by atoms with van der Waals surface area (Å²) in [6.07, 6.45) is 0.290. The Labute approximate surface area is 139 Å². The third-order valence-electron chi connectivity index (χ3n) is 2.81. The Bertz CT molecular complexity index is 772. The molecular weight excluding hydrogens is 337 g/mol. The molecule has 3 rings (SSSR count). The number of carbonyl (C=O) groups is 1. The Morgan fingerprint density at radius 2 is 2.09 bits per heavy atom. The van der Waals surface area contributed by atoms with Gasteiger partial charge in [0.25, 0.3) is 5.89 Å². The highest BCUT2D eigenvalue weighted by Crippen LogP contribution is 2.24. The molecule has 0 unspecified atom stereocenters. The summed E-state index contributed by atoms with van der Waals surface area (Å²) in [6, 6.07) is 10.00. The second-order valence-electron chi connectivity index (χ2n) is 4.49. The van der Waals surface area contributed by atoms with E-state index in [1.54, 1.807) is 12.1 Å². The molecule has 0 atom stereocenters. The van der Waals surface area contributed by atoms with Crippen LogP contribution in [0.4, 0.5) is 10.4 Å². The normalized spacial score (nSPS) is 10.7. The third kappa shape index (κ3) is 4.40. The van der Waals surface area contributed by atoms with E-state index < -0.39 is 0 Å². The van der Waals surface area contributed by atoms with Gasteiger partial charge in [-0.1, -0.05) is 11.2 Å². The van der Waals surface area contributed by atoms with Crippen molar-refractivity contribution in [3.05, 3.63) is 47.6 Å². The quantitative estimate of drug-likeness (QED) is 0.680. The highest BCUT2D eigenvalue weighted by molar-refractivity contribution is 7.99. The summed E-state index contributed by atoms with van der Waals surface area (Å²) in [7, 11) is 0. The van der Waals surface area contributed by atoms with E-state index in [1.807, 2.05) is 17.5 Å². The number of thiophene rings is 1. The lowest BCUT2D eigenvalue weighted by atomic mass is 10.4. The fourth-order valence-corrected chi connectivity index (χ4v) is 3.24. The minimum atomic E-state index is -0.273. The Hall–Kier alpha value is -2.19. The number of rotatable bonds is 6. The average Bonchev–Trinajstić information content (AvgIpc) is 3.20. The van der Waals surface area contributed by atoms with E-state index >= 15 is 0 Å². The first-order chi connectivity index (χ1) is 11.2. The molecule has 1 N–H and O–H groups in total. The van der Waals surface area contributed by atoms with Gasteiger partial charge in [-0.25, -0.2) is 4.39 Å². The summed E-state index contributed by atoms with van der Waals surface area (Å²) in [5.74, 6) is 0.477. The number of benzene rings is 1. The van der Waals surface area contributed by atoms with Crippen LogP contribution in [0.1, 0.15) is 6.42 Å². The fourth-order valence-electron chi connectivity index (χ4n) is 1.75. The van der Waals surface area contributed by atoms with Gasteiger partial charge in [0, 0.05) is 17.1 Å². The second kappa shape index (κ2) is 7.38. The van der Waals surface area contributed by atoms with Gasteiger partial charge in [0.15, 0.2) is 0 Å². The molecule has 0 aliphatic carbocycles. The van der Waals surface area contributed by atoms with Gasteiger partial charge < -0.3 is 4.42 Å². The van der Waals surface area contributed by atoms with Gasteiger partial charge in [-0.15, -0.1) is 28.2 Å². The largest absolute Gasteiger partial charge is 0.402 e. The molecule has 3 aromatic rings. The first kappa shape index (κ1) is 15.7. The smallest absolute Gasteiger partial charge is 0.322 e. The predicted octanol–water partition coefficient (Wildman–Crippen LogP) is 4.06. The molecule has 0 saturated carbocycles. The molecular formula is C15H12FN3O2S2. The topological polar surface area (TPSA) is 68.0 Å². The molecule has 5 nitrogen and oxygen atoms in total. The van der Waals surface area contributed by atoms with Crippen LogP contribution in [0.2, 0.25) is 0 Å². The Kier molecular flexibility index (Phi) is 5.04. The molecule has 0 fully saturated rings. The molecule has 0 aliphatic heterocycles. The Morgan fingerprint density at radius 1 is 1.26 bits per heavy atom. The molecule has 2 aromatic heterocycles. The molecule has 118 valence electrons. The number of thioether (sulfide) groups is 1. The van der Waals surface area contributed by atoms with Crippen LogP contribution in [0, 0.1) is 5.82 Å². The van der Waals surface area contributed by atoms with Crippen LogP contribution in [0.15, 0.2) is 51.1 Å². The van der Waals surface area contributed by atoms with Crippen molar-refractivity contribution in [2.75, 3.05) is 11.1 Å². The minimum absolute atomic E-state index is 0.0881. The lowest BCUT2D eigenvalue weighted by Crippen LogP contribution is -2.12. The zero-order chi connectivity index (χ0) is 16.1. The van der Waals surface area contributed by atoms with Crippen LogP contribution >= 0.6 is 23.1 Å². The van der Waals surface area contributed by atoms with E-state index in [9.17, 15) is 9.18 Å². The van der Waals surface area contributed by atoms with Crippen LogP contribution in [-0.4, -0.2) is 21.9 Å². The first-order valence-electron chi connectivity index (χ1n) is 6.76. The molecule has 1 aromatic carbocycles. The number of anilines is 1. The molecule has 0 radical (unpaired) electrons. The third-order valence-corrected chi connectivity index (χ3v) is 4.69. The number of nitrogens with zero attached hydrogens (tertiary/aromatic N) is 2. The second-order valence-corrected chi connectivity index (χ2v) is 6.61. The molecule has 0 aliphatic rings. The molecule has 0 bridgehead atoms. The van der Waals surface area contributed by atoms with Crippen molar-refractivity contribution in [3.63, 3.8) is 0 Å². The van der Waals surface area contributed by atoms with Crippen LogP contribution in [0.25, 0.3) is 10.8 Å². The van der Waals surface area contributed by atoms with Gasteiger partial charge in [-0.05, 0) is 35.7 Å². The molecule has 8 heteroatoms. The van der Waals surface area contributed by atoms with E-state index in [0.717, 1.165) is 9.77 Å².